The lowest BCUT2D eigenvalue weighted by atomic mass is 10.2. The Hall–Kier alpha value is -3.06. The van der Waals surface area contributed by atoms with E-state index in [4.69, 9.17) is 18.8 Å². The molecule has 8 heteroatoms. The highest BCUT2D eigenvalue weighted by Gasteiger charge is 2.27. The summed E-state index contributed by atoms with van der Waals surface area (Å²) >= 11 is 0. The fourth-order valence-electron chi connectivity index (χ4n) is 3.67. The fraction of sp³-hybridized carbons (Fsp3) is 0.286. The molecular formula is C21H21ClN4O3. The van der Waals surface area contributed by atoms with Crippen LogP contribution >= 0.6 is 0 Å². The van der Waals surface area contributed by atoms with Gasteiger partial charge in [-0.05, 0) is 24.3 Å². The quantitative estimate of drug-likeness (QED) is 0.491. The molecule has 0 unspecified atom stereocenters. The number of hydrogen-bond acceptors (Lipinski definition) is 6. The molecule has 0 spiro atoms. The minimum atomic E-state index is -0.0736. The first-order chi connectivity index (χ1) is 13.7. The lowest BCUT2D eigenvalue weighted by Gasteiger charge is -2.35. The molecule has 29 heavy (non-hydrogen) atoms. The van der Waals surface area contributed by atoms with Gasteiger partial charge in [0, 0.05) is 38.0 Å². The first kappa shape index (κ1) is 19.3. The third-order valence-corrected chi connectivity index (χ3v) is 5.16. The van der Waals surface area contributed by atoms with Crippen LogP contribution in [0.25, 0.3) is 22.1 Å². The summed E-state index contributed by atoms with van der Waals surface area (Å²) in [6, 6.07) is 11.4. The maximum Gasteiger partial charge on any atom is 1.00 e. The van der Waals surface area contributed by atoms with Crippen LogP contribution in [0.4, 0.5) is 5.82 Å². The van der Waals surface area contributed by atoms with E-state index in [1.54, 1.807) is 12.1 Å². The van der Waals surface area contributed by atoms with Crippen molar-refractivity contribution in [2.75, 3.05) is 31.1 Å². The molecule has 1 fully saturated rings. The van der Waals surface area contributed by atoms with Crippen LogP contribution in [-0.4, -0.2) is 47.0 Å². The lowest BCUT2D eigenvalue weighted by molar-refractivity contribution is -0.0000160. The normalized spacial score (nSPS) is 14.4. The number of anilines is 1. The Balaban J connectivity index is 0.00000128. The number of halogens is 1. The monoisotopic (exact) mass is 412 g/mol. The Labute approximate surface area is 175 Å². The number of piperazine rings is 1. The molecule has 0 radical (unpaired) electrons. The van der Waals surface area contributed by atoms with E-state index in [9.17, 15) is 4.79 Å². The molecule has 4 heterocycles. The topological polar surface area (TPSA) is 75.6 Å². The first-order valence-electron chi connectivity index (χ1n) is 9.50. The van der Waals surface area contributed by atoms with Crippen LogP contribution in [0.3, 0.4) is 0 Å². The standard InChI is InChI=1S/C21H20N4O3.ClH/c1-2-17-22-18-14-6-3-4-7-15(14)28-19(18)20(23-17)24-9-11-25(12-10-24)21(26)16-8-5-13-27-16;/h3-8,13H,2,9-12H2,1H3;1H. The maximum absolute atomic E-state index is 12.5. The maximum atomic E-state index is 12.5. The average Bonchev–Trinajstić information content (AvgIpc) is 3.41. The second-order valence-corrected chi connectivity index (χ2v) is 6.85. The summed E-state index contributed by atoms with van der Waals surface area (Å²) in [4.78, 5) is 26.0. The van der Waals surface area contributed by atoms with E-state index in [1.165, 1.54) is 6.26 Å². The van der Waals surface area contributed by atoms with Crippen molar-refractivity contribution in [1.29, 1.82) is 0 Å². The zero-order valence-electron chi connectivity index (χ0n) is 17.0. The number of fused-ring (bicyclic) bond motifs is 3. The van der Waals surface area contributed by atoms with E-state index >= 15 is 0 Å². The number of amides is 1. The van der Waals surface area contributed by atoms with Gasteiger partial charge in [-0.2, -0.15) is 0 Å². The third kappa shape index (κ3) is 3.31. The van der Waals surface area contributed by atoms with Crippen molar-refractivity contribution in [1.82, 2.24) is 14.9 Å². The number of aryl methyl sites for hydroxylation is 1. The summed E-state index contributed by atoms with van der Waals surface area (Å²) in [6.07, 6.45) is 2.27. The fourth-order valence-corrected chi connectivity index (χ4v) is 3.67. The highest BCUT2D eigenvalue weighted by molar-refractivity contribution is 6.05. The van der Waals surface area contributed by atoms with Crippen molar-refractivity contribution in [2.24, 2.45) is 0 Å². The summed E-state index contributed by atoms with van der Waals surface area (Å²) in [7, 11) is 0. The molecule has 1 aromatic carbocycles. The average molecular weight is 413 g/mol. The van der Waals surface area contributed by atoms with Crippen molar-refractivity contribution in [2.45, 2.75) is 13.3 Å². The van der Waals surface area contributed by atoms with Gasteiger partial charge in [0.15, 0.2) is 17.2 Å². The minimum absolute atomic E-state index is 0. The predicted octanol–water partition coefficient (Wildman–Crippen LogP) is 0.610. The van der Waals surface area contributed by atoms with E-state index in [0.29, 0.717) is 37.5 Å². The Morgan fingerprint density at radius 1 is 1.10 bits per heavy atom. The van der Waals surface area contributed by atoms with Gasteiger partial charge in [-0.25, -0.2) is 9.97 Å². The number of benzene rings is 1. The Kier molecular flexibility index (Phi) is 5.15. The first-order valence-corrected chi connectivity index (χ1v) is 9.50. The van der Waals surface area contributed by atoms with Crippen molar-refractivity contribution in [3.05, 3.63) is 54.2 Å². The van der Waals surface area contributed by atoms with Crippen LogP contribution in [0.2, 0.25) is 0 Å². The summed E-state index contributed by atoms with van der Waals surface area (Å²) in [5.41, 5.74) is 2.38. The second-order valence-electron chi connectivity index (χ2n) is 6.85. The van der Waals surface area contributed by atoms with E-state index in [0.717, 1.165) is 34.5 Å². The molecule has 0 N–H and O–H groups in total. The van der Waals surface area contributed by atoms with Crippen molar-refractivity contribution in [3.8, 4) is 0 Å². The molecule has 0 aliphatic carbocycles. The van der Waals surface area contributed by atoms with E-state index in [-0.39, 0.29) is 19.7 Å². The van der Waals surface area contributed by atoms with E-state index in [1.807, 2.05) is 36.1 Å². The number of aromatic nitrogens is 2. The van der Waals surface area contributed by atoms with Crippen LogP contribution in [0.1, 0.15) is 24.7 Å². The van der Waals surface area contributed by atoms with Gasteiger partial charge in [-0.15, -0.1) is 0 Å². The van der Waals surface area contributed by atoms with Gasteiger partial charge in [0.1, 0.15) is 16.9 Å². The molecule has 1 amide bonds. The Bertz CT molecular complexity index is 1150. The minimum Gasteiger partial charge on any atom is -1.00 e. The van der Waals surface area contributed by atoms with Crippen LogP contribution in [0.15, 0.2) is 51.5 Å². The molecule has 1 saturated heterocycles. The highest BCUT2D eigenvalue weighted by atomic mass is 35.5. The van der Waals surface area contributed by atoms with Crippen molar-refractivity contribution in [3.63, 3.8) is 0 Å². The van der Waals surface area contributed by atoms with Gasteiger partial charge in [0.05, 0.1) is 6.26 Å². The smallest absolute Gasteiger partial charge is 1.00 e. The third-order valence-electron chi connectivity index (χ3n) is 5.16. The Morgan fingerprint density at radius 2 is 1.90 bits per heavy atom. The molecule has 1 aliphatic heterocycles. The summed E-state index contributed by atoms with van der Waals surface area (Å²) < 4.78 is 11.3. The number of rotatable bonds is 3. The molecule has 1 aliphatic rings. The van der Waals surface area contributed by atoms with Gasteiger partial charge in [-0.3, -0.25) is 4.79 Å². The van der Waals surface area contributed by atoms with Gasteiger partial charge < -0.3 is 31.0 Å². The zero-order chi connectivity index (χ0) is 19.1. The van der Waals surface area contributed by atoms with E-state index in [2.05, 4.69) is 4.90 Å². The van der Waals surface area contributed by atoms with Gasteiger partial charge in [-0.1, -0.05) is 19.1 Å². The van der Waals surface area contributed by atoms with E-state index < -0.39 is 0 Å². The van der Waals surface area contributed by atoms with Crippen molar-refractivity contribution >= 4 is 33.8 Å². The highest BCUT2D eigenvalue weighted by Crippen LogP contribution is 2.33. The predicted molar refractivity (Wildman–Crippen MR) is 107 cm³/mol. The molecule has 0 bridgehead atoms. The number of carbonyl (C=O) groups is 1. The summed E-state index contributed by atoms with van der Waals surface area (Å²) in [5, 5.41) is 1.00. The molecule has 0 saturated carbocycles. The largest absolute Gasteiger partial charge is 1.00 e. The molecule has 0 atom stereocenters. The molecule has 7 nitrogen and oxygen atoms in total. The molecular weight excluding hydrogens is 392 g/mol. The number of hydrogen-bond donors (Lipinski definition) is 0. The van der Waals surface area contributed by atoms with Crippen LogP contribution in [0, 0.1) is 0 Å². The summed E-state index contributed by atoms with van der Waals surface area (Å²) in [5.74, 6) is 1.91. The number of nitrogens with zero attached hydrogens (tertiary/aromatic N) is 4. The molecule has 5 rings (SSSR count). The Morgan fingerprint density at radius 3 is 2.62 bits per heavy atom. The molecule has 3 aromatic heterocycles. The molecule has 4 aromatic rings. The van der Waals surface area contributed by atoms with Crippen LogP contribution in [-0.2, 0) is 6.42 Å². The number of para-hydroxylation sites is 1. The second kappa shape index (κ2) is 7.75. The SMILES string of the molecule is CCc1nc(N2CCN(C(=O)c3ccco3)CC2)c2oc3ccccc3c2n1.[Cl-].[H+]. The number of furan rings is 2. The van der Waals surface area contributed by atoms with Crippen LogP contribution in [0.5, 0.6) is 0 Å². The number of carbonyl (C=O) groups excluding carboxylic acids is 1. The zero-order valence-corrected chi connectivity index (χ0v) is 16.7. The van der Waals surface area contributed by atoms with Crippen LogP contribution < -0.4 is 17.3 Å². The lowest BCUT2D eigenvalue weighted by Crippen LogP contribution is -3.00. The van der Waals surface area contributed by atoms with Gasteiger partial charge >= 0.3 is 1.43 Å². The molecule has 150 valence electrons. The van der Waals surface area contributed by atoms with Gasteiger partial charge in [0.25, 0.3) is 5.91 Å². The van der Waals surface area contributed by atoms with Gasteiger partial charge in [0.2, 0.25) is 0 Å². The summed E-state index contributed by atoms with van der Waals surface area (Å²) in [6.45, 7) is 4.62. The van der Waals surface area contributed by atoms with Crippen molar-refractivity contribution < 1.29 is 27.5 Å².